The first-order chi connectivity index (χ1) is 14.0. The number of hydrogen-bond acceptors (Lipinski definition) is 4. The van der Waals surface area contributed by atoms with Crippen LogP contribution in [0.1, 0.15) is 10.4 Å². The van der Waals surface area contributed by atoms with E-state index in [0.29, 0.717) is 22.2 Å². The summed E-state index contributed by atoms with van der Waals surface area (Å²) < 4.78 is 5.79. The molecule has 0 fully saturated rings. The van der Waals surface area contributed by atoms with E-state index >= 15 is 0 Å². The third kappa shape index (κ3) is 4.40. The molecule has 0 aliphatic carbocycles. The van der Waals surface area contributed by atoms with Crippen LogP contribution in [0.15, 0.2) is 71.1 Å². The first-order valence-corrected chi connectivity index (χ1v) is 9.69. The summed E-state index contributed by atoms with van der Waals surface area (Å²) in [6.45, 7) is 0. The molecule has 2 N–H and O–H groups in total. The lowest BCUT2D eigenvalue weighted by atomic mass is 10.2. The Labute approximate surface area is 181 Å². The molecule has 0 spiro atoms. The van der Waals surface area contributed by atoms with E-state index < -0.39 is 5.91 Å². The summed E-state index contributed by atoms with van der Waals surface area (Å²) in [6.07, 6.45) is 0. The van der Waals surface area contributed by atoms with E-state index in [1.807, 2.05) is 48.5 Å². The van der Waals surface area contributed by atoms with Crippen LogP contribution < -0.4 is 10.6 Å². The summed E-state index contributed by atoms with van der Waals surface area (Å²) in [5.74, 6) is 0.0667. The second-order valence-corrected chi connectivity index (χ2v) is 7.35. The molecular formula is C21H13Cl2N3O2S. The molecule has 144 valence electrons. The van der Waals surface area contributed by atoms with Gasteiger partial charge in [-0.05, 0) is 60.7 Å². The number of amides is 1. The Morgan fingerprint density at radius 2 is 1.83 bits per heavy atom. The van der Waals surface area contributed by atoms with Crippen LogP contribution in [-0.2, 0) is 0 Å². The molecule has 0 aliphatic rings. The molecule has 1 amide bonds. The lowest BCUT2D eigenvalue weighted by Gasteiger charge is -2.11. The molecule has 8 heteroatoms. The van der Waals surface area contributed by atoms with E-state index in [0.717, 1.165) is 11.1 Å². The van der Waals surface area contributed by atoms with Crippen molar-refractivity contribution in [2.75, 3.05) is 5.32 Å². The van der Waals surface area contributed by atoms with Gasteiger partial charge in [0.15, 0.2) is 10.7 Å². The highest BCUT2D eigenvalue weighted by Crippen LogP contribution is 2.26. The smallest absolute Gasteiger partial charge is 0.258 e. The van der Waals surface area contributed by atoms with Gasteiger partial charge in [-0.2, -0.15) is 0 Å². The van der Waals surface area contributed by atoms with Gasteiger partial charge in [0, 0.05) is 16.3 Å². The quantitative estimate of drug-likeness (QED) is 0.385. The minimum atomic E-state index is -0.431. The van der Waals surface area contributed by atoms with Crippen LogP contribution in [0.5, 0.6) is 0 Å². The minimum Gasteiger partial charge on any atom is -0.436 e. The lowest BCUT2D eigenvalue weighted by molar-refractivity contribution is 0.0978. The zero-order chi connectivity index (χ0) is 20.4. The fourth-order valence-electron chi connectivity index (χ4n) is 2.73. The highest BCUT2D eigenvalue weighted by Gasteiger charge is 2.13. The van der Waals surface area contributed by atoms with Gasteiger partial charge in [-0.25, -0.2) is 4.98 Å². The van der Waals surface area contributed by atoms with Crippen molar-refractivity contribution in [2.24, 2.45) is 0 Å². The standard InChI is InChI=1S/C21H13Cl2N3O2S/c22-13-8-9-15(16(23)11-13)19(27)26-21(29)24-14-5-3-4-12(10-14)20-25-17-6-1-2-7-18(17)28-20/h1-11H,(H2,24,26,27,29). The molecule has 0 bridgehead atoms. The van der Waals surface area contributed by atoms with Gasteiger partial charge in [-0.15, -0.1) is 0 Å². The first kappa shape index (κ1) is 19.4. The van der Waals surface area contributed by atoms with Crippen LogP contribution in [0.4, 0.5) is 5.69 Å². The van der Waals surface area contributed by atoms with Crippen LogP contribution in [0.3, 0.4) is 0 Å². The van der Waals surface area contributed by atoms with E-state index in [2.05, 4.69) is 15.6 Å². The number of carbonyl (C=O) groups is 1. The van der Waals surface area contributed by atoms with E-state index in [9.17, 15) is 4.79 Å². The number of aromatic nitrogens is 1. The molecule has 0 unspecified atom stereocenters. The Hall–Kier alpha value is -2.93. The highest BCUT2D eigenvalue weighted by molar-refractivity contribution is 7.80. The summed E-state index contributed by atoms with van der Waals surface area (Å²) in [5, 5.41) is 6.41. The predicted octanol–water partition coefficient (Wildman–Crippen LogP) is 5.93. The number of halogens is 2. The third-order valence-electron chi connectivity index (χ3n) is 4.06. The number of para-hydroxylation sites is 2. The van der Waals surface area contributed by atoms with Crippen LogP contribution >= 0.6 is 35.4 Å². The molecule has 1 aromatic heterocycles. The van der Waals surface area contributed by atoms with Crippen LogP contribution in [0, 0.1) is 0 Å². The molecular weight excluding hydrogens is 429 g/mol. The number of hydrogen-bond donors (Lipinski definition) is 2. The summed E-state index contributed by atoms with van der Waals surface area (Å²) in [6, 6.07) is 19.5. The summed E-state index contributed by atoms with van der Waals surface area (Å²) >= 11 is 17.2. The third-order valence-corrected chi connectivity index (χ3v) is 4.82. The van der Waals surface area contributed by atoms with Crippen molar-refractivity contribution in [1.29, 1.82) is 0 Å². The van der Waals surface area contributed by atoms with Gasteiger partial charge in [0.05, 0.1) is 10.6 Å². The maximum absolute atomic E-state index is 12.4. The molecule has 1 heterocycles. The van der Waals surface area contributed by atoms with Gasteiger partial charge < -0.3 is 9.73 Å². The number of thiocarbonyl (C=S) groups is 1. The maximum Gasteiger partial charge on any atom is 0.258 e. The van der Waals surface area contributed by atoms with Crippen LogP contribution in [0.25, 0.3) is 22.6 Å². The summed E-state index contributed by atoms with van der Waals surface area (Å²) in [5.41, 5.74) is 3.23. The van der Waals surface area contributed by atoms with E-state index in [-0.39, 0.29) is 15.7 Å². The molecule has 0 saturated carbocycles. The lowest BCUT2D eigenvalue weighted by Crippen LogP contribution is -2.34. The van der Waals surface area contributed by atoms with Gasteiger partial charge in [-0.1, -0.05) is 41.4 Å². The van der Waals surface area contributed by atoms with Crippen molar-refractivity contribution in [3.63, 3.8) is 0 Å². The second-order valence-electron chi connectivity index (χ2n) is 6.10. The largest absolute Gasteiger partial charge is 0.436 e. The second kappa shape index (κ2) is 8.21. The van der Waals surface area contributed by atoms with Crippen LogP contribution in [0.2, 0.25) is 10.0 Å². The molecule has 0 atom stereocenters. The van der Waals surface area contributed by atoms with Crippen molar-refractivity contribution < 1.29 is 9.21 Å². The molecule has 0 radical (unpaired) electrons. The number of benzene rings is 3. The summed E-state index contributed by atoms with van der Waals surface area (Å²) in [4.78, 5) is 16.9. The topological polar surface area (TPSA) is 67.2 Å². The van der Waals surface area contributed by atoms with Gasteiger partial charge >= 0.3 is 0 Å². The number of carbonyl (C=O) groups excluding carboxylic acids is 1. The van der Waals surface area contributed by atoms with Gasteiger partial charge in [-0.3, -0.25) is 10.1 Å². The molecule has 4 rings (SSSR count). The number of nitrogens with one attached hydrogen (secondary N) is 2. The van der Waals surface area contributed by atoms with Crippen molar-refractivity contribution in [1.82, 2.24) is 10.3 Å². The molecule has 0 saturated heterocycles. The zero-order valence-electron chi connectivity index (χ0n) is 14.8. The Bertz CT molecular complexity index is 1210. The van der Waals surface area contributed by atoms with Gasteiger partial charge in [0.25, 0.3) is 5.91 Å². The zero-order valence-corrected chi connectivity index (χ0v) is 17.1. The average Bonchev–Trinajstić information content (AvgIpc) is 3.12. The first-order valence-electron chi connectivity index (χ1n) is 8.53. The normalized spacial score (nSPS) is 10.7. The van der Waals surface area contributed by atoms with Crippen molar-refractivity contribution in [2.45, 2.75) is 0 Å². The maximum atomic E-state index is 12.4. The van der Waals surface area contributed by atoms with E-state index in [1.54, 1.807) is 6.07 Å². The number of fused-ring (bicyclic) bond motifs is 1. The fourth-order valence-corrected chi connectivity index (χ4v) is 3.44. The Morgan fingerprint density at radius 3 is 2.62 bits per heavy atom. The van der Waals surface area contributed by atoms with Gasteiger partial charge in [0.1, 0.15) is 5.52 Å². The molecule has 29 heavy (non-hydrogen) atoms. The van der Waals surface area contributed by atoms with Crippen LogP contribution in [-0.4, -0.2) is 16.0 Å². The molecule has 3 aromatic carbocycles. The number of anilines is 1. The molecule has 4 aromatic rings. The van der Waals surface area contributed by atoms with Crippen molar-refractivity contribution >= 4 is 63.2 Å². The van der Waals surface area contributed by atoms with Gasteiger partial charge in [0.2, 0.25) is 5.89 Å². The van der Waals surface area contributed by atoms with E-state index in [4.69, 9.17) is 39.8 Å². The molecule has 5 nitrogen and oxygen atoms in total. The monoisotopic (exact) mass is 441 g/mol. The average molecular weight is 442 g/mol. The Balaban J connectivity index is 1.48. The predicted molar refractivity (Wildman–Crippen MR) is 120 cm³/mol. The fraction of sp³-hybridized carbons (Fsp3) is 0. The van der Waals surface area contributed by atoms with Crippen molar-refractivity contribution in [3.05, 3.63) is 82.3 Å². The van der Waals surface area contributed by atoms with Crippen molar-refractivity contribution in [3.8, 4) is 11.5 Å². The number of oxazole rings is 1. The Kier molecular flexibility index (Phi) is 5.49. The highest BCUT2D eigenvalue weighted by atomic mass is 35.5. The summed E-state index contributed by atoms with van der Waals surface area (Å²) in [7, 11) is 0. The SMILES string of the molecule is O=C(NC(=S)Nc1cccc(-c2nc3ccccc3o2)c1)c1ccc(Cl)cc1Cl. The van der Waals surface area contributed by atoms with E-state index in [1.165, 1.54) is 12.1 Å². The number of nitrogens with zero attached hydrogens (tertiary/aromatic N) is 1. The molecule has 0 aliphatic heterocycles. The Morgan fingerprint density at radius 1 is 1.00 bits per heavy atom. The number of rotatable bonds is 3. The minimum absolute atomic E-state index is 0.135.